The number of hydrogen-bond acceptors (Lipinski definition) is 7. The highest BCUT2D eigenvalue weighted by Gasteiger charge is 2.27. The molecule has 0 aliphatic rings. The van der Waals surface area contributed by atoms with Crippen molar-refractivity contribution in [3.05, 3.63) is 47.7 Å². The first-order valence-electron chi connectivity index (χ1n) is 7.71. The second kappa shape index (κ2) is 7.74. The van der Waals surface area contributed by atoms with Gasteiger partial charge in [0.1, 0.15) is 18.5 Å². The molecule has 0 saturated carbocycles. The van der Waals surface area contributed by atoms with Crippen LogP contribution in [-0.4, -0.2) is 41.0 Å². The monoisotopic (exact) mass is 397 g/mol. The van der Waals surface area contributed by atoms with Gasteiger partial charge in [0.25, 0.3) is 5.91 Å². The molecule has 0 atom stereocenters. The van der Waals surface area contributed by atoms with Gasteiger partial charge in [0.15, 0.2) is 5.01 Å². The quantitative estimate of drug-likeness (QED) is 0.688. The second-order valence-electron chi connectivity index (χ2n) is 5.63. The van der Waals surface area contributed by atoms with Crippen molar-refractivity contribution >= 4 is 22.4 Å². The van der Waals surface area contributed by atoms with Crippen LogP contribution in [0, 0.1) is 0 Å². The van der Waals surface area contributed by atoms with Crippen molar-refractivity contribution in [2.24, 2.45) is 0 Å². The standard InChI is InChI=1S/C16H14F3N5O2S/c1-24(15-22-21-14(27-15)12-6-7-26-23-12)8-10-2-4-11(5-3-10)13(25)20-9-16(17,18)19/h2-7H,8-9H2,1H3,(H,20,25). The number of nitrogens with zero attached hydrogens (tertiary/aromatic N) is 4. The summed E-state index contributed by atoms with van der Waals surface area (Å²) in [5, 5.41) is 15.1. The van der Waals surface area contributed by atoms with Crippen molar-refractivity contribution in [3.63, 3.8) is 0 Å². The van der Waals surface area contributed by atoms with E-state index in [0.29, 0.717) is 22.4 Å². The molecule has 1 amide bonds. The highest BCUT2D eigenvalue weighted by molar-refractivity contribution is 7.18. The molecule has 2 aromatic heterocycles. The van der Waals surface area contributed by atoms with Crippen LogP contribution < -0.4 is 10.2 Å². The van der Waals surface area contributed by atoms with Crippen LogP contribution in [0.3, 0.4) is 0 Å². The number of anilines is 1. The van der Waals surface area contributed by atoms with E-state index in [-0.39, 0.29) is 5.56 Å². The predicted molar refractivity (Wildman–Crippen MR) is 92.3 cm³/mol. The summed E-state index contributed by atoms with van der Waals surface area (Å²) in [6.45, 7) is -0.876. The van der Waals surface area contributed by atoms with E-state index in [1.807, 2.05) is 17.3 Å². The molecule has 27 heavy (non-hydrogen) atoms. The first-order chi connectivity index (χ1) is 12.8. The van der Waals surface area contributed by atoms with Crippen molar-refractivity contribution in [2.45, 2.75) is 12.7 Å². The van der Waals surface area contributed by atoms with Gasteiger partial charge in [-0.25, -0.2) is 0 Å². The van der Waals surface area contributed by atoms with Crippen molar-refractivity contribution in [1.29, 1.82) is 0 Å². The number of carbonyl (C=O) groups excluding carboxylic acids is 1. The molecule has 0 aliphatic carbocycles. The summed E-state index contributed by atoms with van der Waals surface area (Å²) in [6.07, 6.45) is -2.99. The normalized spacial score (nSPS) is 11.4. The molecule has 0 radical (unpaired) electrons. The van der Waals surface area contributed by atoms with Crippen LogP contribution >= 0.6 is 11.3 Å². The minimum absolute atomic E-state index is 0.162. The van der Waals surface area contributed by atoms with E-state index >= 15 is 0 Å². The summed E-state index contributed by atoms with van der Waals surface area (Å²) in [5.74, 6) is -0.770. The number of halogens is 3. The third-order valence-corrected chi connectivity index (χ3v) is 4.54. The Balaban J connectivity index is 1.60. The Bertz CT molecular complexity index is 894. The maximum Gasteiger partial charge on any atom is 0.405 e. The lowest BCUT2D eigenvalue weighted by atomic mass is 10.1. The highest BCUT2D eigenvalue weighted by Crippen LogP contribution is 2.27. The molecule has 3 aromatic rings. The number of hydrogen-bond donors (Lipinski definition) is 1. The van der Waals surface area contributed by atoms with Gasteiger partial charge in [-0.15, -0.1) is 10.2 Å². The van der Waals surface area contributed by atoms with Gasteiger partial charge < -0.3 is 14.7 Å². The average molecular weight is 397 g/mol. The minimum Gasteiger partial charge on any atom is -0.364 e. The SMILES string of the molecule is CN(Cc1ccc(C(=O)NCC(F)(F)F)cc1)c1nnc(-c2ccon2)s1. The van der Waals surface area contributed by atoms with Crippen LogP contribution in [0.25, 0.3) is 10.7 Å². The van der Waals surface area contributed by atoms with E-state index in [9.17, 15) is 18.0 Å². The Labute approximate surface area is 155 Å². The summed E-state index contributed by atoms with van der Waals surface area (Å²) in [7, 11) is 1.83. The Morgan fingerprint density at radius 3 is 2.59 bits per heavy atom. The molecule has 142 valence electrons. The highest BCUT2D eigenvalue weighted by atomic mass is 32.1. The minimum atomic E-state index is -4.44. The fraction of sp³-hybridized carbons (Fsp3) is 0.250. The van der Waals surface area contributed by atoms with Gasteiger partial charge in [-0.05, 0) is 17.7 Å². The molecule has 7 nitrogen and oxygen atoms in total. The van der Waals surface area contributed by atoms with Crippen molar-refractivity contribution < 1.29 is 22.5 Å². The van der Waals surface area contributed by atoms with Crippen LogP contribution in [-0.2, 0) is 6.54 Å². The van der Waals surface area contributed by atoms with Crippen molar-refractivity contribution in [1.82, 2.24) is 20.7 Å². The third-order valence-electron chi connectivity index (χ3n) is 3.48. The zero-order chi connectivity index (χ0) is 19.4. The van der Waals surface area contributed by atoms with Gasteiger partial charge in [-0.3, -0.25) is 4.79 Å². The van der Waals surface area contributed by atoms with Gasteiger partial charge in [0.05, 0.1) is 0 Å². The first-order valence-corrected chi connectivity index (χ1v) is 8.53. The lowest BCUT2D eigenvalue weighted by molar-refractivity contribution is -0.123. The van der Waals surface area contributed by atoms with E-state index in [0.717, 1.165) is 5.56 Å². The van der Waals surface area contributed by atoms with E-state index in [4.69, 9.17) is 4.52 Å². The van der Waals surface area contributed by atoms with Gasteiger partial charge in [0.2, 0.25) is 5.13 Å². The molecule has 0 saturated heterocycles. The van der Waals surface area contributed by atoms with E-state index in [1.165, 1.54) is 29.7 Å². The Morgan fingerprint density at radius 2 is 1.96 bits per heavy atom. The molecule has 0 bridgehead atoms. The van der Waals surface area contributed by atoms with Crippen LogP contribution in [0.2, 0.25) is 0 Å². The summed E-state index contributed by atoms with van der Waals surface area (Å²) in [4.78, 5) is 13.6. The number of rotatable bonds is 6. The molecule has 1 N–H and O–H groups in total. The number of alkyl halides is 3. The molecular formula is C16H14F3N5O2S. The van der Waals surface area contributed by atoms with E-state index < -0.39 is 18.6 Å². The molecule has 2 heterocycles. The summed E-state index contributed by atoms with van der Waals surface area (Å²) in [5.41, 5.74) is 1.62. The van der Waals surface area contributed by atoms with Crippen LogP contribution in [0.4, 0.5) is 18.3 Å². The summed E-state index contributed by atoms with van der Waals surface area (Å²) >= 11 is 1.35. The smallest absolute Gasteiger partial charge is 0.364 e. The zero-order valence-electron chi connectivity index (χ0n) is 14.0. The van der Waals surface area contributed by atoms with Crippen LogP contribution in [0.15, 0.2) is 41.1 Å². The van der Waals surface area contributed by atoms with Gasteiger partial charge >= 0.3 is 6.18 Å². The number of benzene rings is 1. The summed E-state index contributed by atoms with van der Waals surface area (Å²) in [6, 6.07) is 8.01. The molecule has 3 rings (SSSR count). The fourth-order valence-electron chi connectivity index (χ4n) is 2.18. The van der Waals surface area contributed by atoms with Crippen LogP contribution in [0.5, 0.6) is 0 Å². The molecule has 0 fully saturated rings. The molecule has 0 spiro atoms. The molecule has 0 unspecified atom stereocenters. The number of aromatic nitrogens is 3. The topological polar surface area (TPSA) is 84.2 Å². The van der Waals surface area contributed by atoms with E-state index in [2.05, 4.69) is 15.4 Å². The lowest BCUT2D eigenvalue weighted by Gasteiger charge is -2.15. The largest absolute Gasteiger partial charge is 0.405 e. The fourth-order valence-corrected chi connectivity index (χ4v) is 2.95. The Kier molecular flexibility index (Phi) is 5.40. The average Bonchev–Trinajstić information content (AvgIpc) is 3.30. The molecule has 0 aliphatic heterocycles. The van der Waals surface area contributed by atoms with Gasteiger partial charge in [-0.1, -0.05) is 28.6 Å². The van der Waals surface area contributed by atoms with Crippen molar-refractivity contribution in [2.75, 3.05) is 18.5 Å². The second-order valence-corrected chi connectivity index (χ2v) is 6.58. The number of nitrogens with one attached hydrogen (secondary N) is 1. The van der Waals surface area contributed by atoms with Gasteiger partial charge in [0, 0.05) is 25.2 Å². The Morgan fingerprint density at radius 1 is 1.22 bits per heavy atom. The van der Waals surface area contributed by atoms with Crippen molar-refractivity contribution in [3.8, 4) is 10.7 Å². The predicted octanol–water partition coefficient (Wildman–Crippen LogP) is 3.12. The number of amides is 1. The summed E-state index contributed by atoms with van der Waals surface area (Å²) < 4.78 is 41.2. The third kappa shape index (κ3) is 5.03. The lowest BCUT2D eigenvalue weighted by Crippen LogP contribution is -2.33. The maximum absolute atomic E-state index is 12.2. The van der Waals surface area contributed by atoms with Gasteiger partial charge in [-0.2, -0.15) is 13.2 Å². The molecule has 11 heteroatoms. The zero-order valence-corrected chi connectivity index (χ0v) is 14.8. The van der Waals surface area contributed by atoms with E-state index in [1.54, 1.807) is 18.2 Å². The Hall–Kier alpha value is -2.95. The molecule has 1 aromatic carbocycles. The maximum atomic E-state index is 12.2. The molecular weight excluding hydrogens is 383 g/mol. The van der Waals surface area contributed by atoms with Crippen LogP contribution in [0.1, 0.15) is 15.9 Å². The first kappa shape index (κ1) is 18.8. The number of carbonyl (C=O) groups is 1.